The van der Waals surface area contributed by atoms with E-state index in [1.54, 1.807) is 27.7 Å². The number of hydrogen-bond donors (Lipinski definition) is 0. The quantitative estimate of drug-likeness (QED) is 0.584. The second kappa shape index (κ2) is 4.75. The Hall–Kier alpha value is -1.52. The molecule has 0 unspecified atom stereocenters. The summed E-state index contributed by atoms with van der Waals surface area (Å²) < 4.78 is 50.7. The van der Waals surface area contributed by atoms with E-state index in [1.807, 2.05) is 0 Å². The number of alkyl halides is 3. The fourth-order valence-corrected chi connectivity index (χ4v) is 2.04. The van der Waals surface area contributed by atoms with E-state index in [0.29, 0.717) is 0 Å². The van der Waals surface area contributed by atoms with Gasteiger partial charge in [0.25, 0.3) is 0 Å². The normalized spacial score (nSPS) is 20.4. The molecule has 0 aliphatic carbocycles. The molecule has 21 heavy (non-hydrogen) atoms. The zero-order chi connectivity index (χ0) is 16.1. The Morgan fingerprint density at radius 2 is 1.62 bits per heavy atom. The lowest BCUT2D eigenvalue weighted by molar-refractivity contribution is -0.136. The van der Waals surface area contributed by atoms with Crippen LogP contribution in [0.3, 0.4) is 0 Å². The molecule has 0 bridgehead atoms. The summed E-state index contributed by atoms with van der Waals surface area (Å²) in [5.41, 5.74) is -2.36. The molecule has 1 aliphatic heterocycles. The van der Waals surface area contributed by atoms with Crippen LogP contribution in [0.1, 0.15) is 33.3 Å². The third-order valence-corrected chi connectivity index (χ3v) is 3.98. The van der Waals surface area contributed by atoms with Crippen LogP contribution in [0.15, 0.2) is 18.2 Å². The van der Waals surface area contributed by atoms with Crippen molar-refractivity contribution in [1.29, 1.82) is 0 Å². The summed E-state index contributed by atoms with van der Waals surface area (Å²) in [6.45, 7) is 14.0. The lowest BCUT2D eigenvalue weighted by Crippen LogP contribution is -2.41. The van der Waals surface area contributed by atoms with Crippen molar-refractivity contribution in [3.63, 3.8) is 0 Å². The van der Waals surface area contributed by atoms with E-state index in [9.17, 15) is 13.2 Å². The Balaban J connectivity index is 2.52. The van der Waals surface area contributed by atoms with Gasteiger partial charge in [-0.1, -0.05) is 18.2 Å². The predicted octanol–water partition coefficient (Wildman–Crippen LogP) is 3.56. The molecule has 0 saturated carbocycles. The number of hydrogen-bond acceptors (Lipinski definition) is 2. The first kappa shape index (κ1) is 15.9. The van der Waals surface area contributed by atoms with E-state index in [4.69, 9.17) is 15.9 Å². The molecule has 112 valence electrons. The maximum absolute atomic E-state index is 13.1. The summed E-state index contributed by atoms with van der Waals surface area (Å²) >= 11 is 0. The zero-order valence-corrected chi connectivity index (χ0v) is 12.2. The summed E-state index contributed by atoms with van der Waals surface area (Å²) in [4.78, 5) is 3.17. The SMILES string of the molecule is [C-]#[N+]c1ccc(C(F)(F)F)c(B2OC(C)(C)C(C)(C)O2)c1. The van der Waals surface area contributed by atoms with Gasteiger partial charge in [0.2, 0.25) is 0 Å². The molecule has 3 nitrogen and oxygen atoms in total. The molecule has 1 aromatic carbocycles. The highest BCUT2D eigenvalue weighted by atomic mass is 19.4. The molecule has 0 radical (unpaired) electrons. The first-order valence-electron chi connectivity index (χ1n) is 6.42. The van der Waals surface area contributed by atoms with Gasteiger partial charge >= 0.3 is 13.3 Å². The molecule has 0 N–H and O–H groups in total. The lowest BCUT2D eigenvalue weighted by Gasteiger charge is -2.32. The first-order valence-corrected chi connectivity index (χ1v) is 6.42. The van der Waals surface area contributed by atoms with Crippen LogP contribution in [-0.2, 0) is 15.5 Å². The van der Waals surface area contributed by atoms with Crippen LogP contribution in [0, 0.1) is 6.57 Å². The minimum atomic E-state index is -4.53. The highest BCUT2D eigenvalue weighted by Crippen LogP contribution is 2.38. The Bertz CT molecular complexity index is 589. The van der Waals surface area contributed by atoms with Crippen molar-refractivity contribution in [2.45, 2.75) is 45.1 Å². The van der Waals surface area contributed by atoms with E-state index in [0.717, 1.165) is 12.1 Å². The van der Waals surface area contributed by atoms with Crippen LogP contribution in [0.2, 0.25) is 0 Å². The Morgan fingerprint density at radius 1 is 1.10 bits per heavy atom. The minimum absolute atomic E-state index is 0.118. The molecular formula is C14H15BF3NO2. The number of nitrogens with zero attached hydrogens (tertiary/aromatic N) is 1. The van der Waals surface area contributed by atoms with E-state index in [2.05, 4.69) is 4.85 Å². The van der Waals surface area contributed by atoms with Gasteiger partial charge in [0, 0.05) is 0 Å². The fourth-order valence-electron chi connectivity index (χ4n) is 2.04. The number of benzene rings is 1. The van der Waals surface area contributed by atoms with Gasteiger partial charge in [-0.2, -0.15) is 13.2 Å². The van der Waals surface area contributed by atoms with Crippen molar-refractivity contribution in [3.05, 3.63) is 35.2 Å². The van der Waals surface area contributed by atoms with Gasteiger partial charge in [-0.15, -0.1) is 0 Å². The van der Waals surface area contributed by atoms with Crippen molar-refractivity contribution in [2.75, 3.05) is 0 Å². The molecule has 1 saturated heterocycles. The van der Waals surface area contributed by atoms with Crippen LogP contribution >= 0.6 is 0 Å². The number of rotatable bonds is 1. The van der Waals surface area contributed by atoms with Crippen LogP contribution < -0.4 is 5.46 Å². The van der Waals surface area contributed by atoms with Gasteiger partial charge in [0.05, 0.1) is 23.3 Å². The van der Waals surface area contributed by atoms with Crippen molar-refractivity contribution in [2.24, 2.45) is 0 Å². The summed E-state index contributed by atoms with van der Waals surface area (Å²) in [7, 11) is -1.15. The first-order chi connectivity index (χ1) is 9.48. The van der Waals surface area contributed by atoms with E-state index in [-0.39, 0.29) is 11.2 Å². The van der Waals surface area contributed by atoms with Gasteiger partial charge in [0.15, 0.2) is 5.69 Å². The Morgan fingerprint density at radius 3 is 2.05 bits per heavy atom. The largest absolute Gasteiger partial charge is 0.494 e. The number of halogens is 3. The summed E-state index contributed by atoms with van der Waals surface area (Å²) in [5.74, 6) is 0. The minimum Gasteiger partial charge on any atom is -0.399 e. The summed E-state index contributed by atoms with van der Waals surface area (Å²) in [5, 5.41) is 0. The van der Waals surface area contributed by atoms with Crippen molar-refractivity contribution in [1.82, 2.24) is 0 Å². The molecule has 0 spiro atoms. The van der Waals surface area contributed by atoms with Crippen molar-refractivity contribution < 1.29 is 22.5 Å². The van der Waals surface area contributed by atoms with Crippen LogP contribution in [0.5, 0.6) is 0 Å². The fraction of sp³-hybridized carbons (Fsp3) is 0.500. The Labute approximate surface area is 122 Å². The van der Waals surface area contributed by atoms with E-state index >= 15 is 0 Å². The molecule has 0 aromatic heterocycles. The highest BCUT2D eigenvalue weighted by molar-refractivity contribution is 6.62. The summed E-state index contributed by atoms with van der Waals surface area (Å²) in [6.07, 6.45) is -4.53. The smallest absolute Gasteiger partial charge is 0.399 e. The second-order valence-corrected chi connectivity index (χ2v) is 5.97. The van der Waals surface area contributed by atoms with Crippen LogP contribution in [0.4, 0.5) is 18.9 Å². The van der Waals surface area contributed by atoms with Crippen molar-refractivity contribution >= 4 is 18.3 Å². The second-order valence-electron chi connectivity index (χ2n) is 5.97. The van der Waals surface area contributed by atoms with Crippen molar-refractivity contribution in [3.8, 4) is 0 Å². The third-order valence-electron chi connectivity index (χ3n) is 3.98. The average Bonchev–Trinajstić information content (AvgIpc) is 2.56. The maximum Gasteiger partial charge on any atom is 0.494 e. The van der Waals surface area contributed by atoms with Gasteiger partial charge in [-0.3, -0.25) is 0 Å². The molecular weight excluding hydrogens is 282 g/mol. The van der Waals surface area contributed by atoms with Gasteiger partial charge in [-0.25, -0.2) is 4.85 Å². The summed E-state index contributed by atoms with van der Waals surface area (Å²) in [6, 6.07) is 3.22. The van der Waals surface area contributed by atoms with Crippen LogP contribution in [0.25, 0.3) is 4.85 Å². The molecule has 2 rings (SSSR count). The molecule has 1 fully saturated rings. The lowest BCUT2D eigenvalue weighted by atomic mass is 9.75. The van der Waals surface area contributed by atoms with Crippen LogP contribution in [-0.4, -0.2) is 18.3 Å². The molecule has 1 aliphatic rings. The molecule has 0 atom stereocenters. The molecule has 7 heteroatoms. The standard InChI is InChI=1S/C14H15BF3NO2/c1-12(2)13(3,4)21-15(20-12)11-8-9(19-5)6-7-10(11)14(16,17)18/h6-8H,1-4H3. The molecule has 1 heterocycles. The van der Waals surface area contributed by atoms with Gasteiger partial charge in [0.1, 0.15) is 0 Å². The topological polar surface area (TPSA) is 22.8 Å². The van der Waals surface area contributed by atoms with Gasteiger partial charge in [-0.05, 0) is 33.2 Å². The average molecular weight is 297 g/mol. The predicted molar refractivity (Wildman–Crippen MR) is 73.4 cm³/mol. The Kier molecular flexibility index (Phi) is 3.59. The van der Waals surface area contributed by atoms with E-state index in [1.165, 1.54) is 6.07 Å². The monoisotopic (exact) mass is 297 g/mol. The third kappa shape index (κ3) is 2.78. The zero-order valence-electron chi connectivity index (χ0n) is 12.2. The maximum atomic E-state index is 13.1. The highest BCUT2D eigenvalue weighted by Gasteiger charge is 2.53. The van der Waals surface area contributed by atoms with E-state index < -0.39 is 30.1 Å². The molecule has 0 amide bonds. The van der Waals surface area contributed by atoms with Gasteiger partial charge < -0.3 is 9.31 Å². The molecule has 1 aromatic rings.